The van der Waals surface area contributed by atoms with Gasteiger partial charge in [-0.05, 0) is 19.1 Å². The molecule has 0 spiro atoms. The van der Waals surface area contributed by atoms with Crippen molar-refractivity contribution in [2.45, 2.75) is 6.92 Å². The average molecular weight is 181 g/mol. The maximum Gasteiger partial charge on any atom is 0.216 e. The van der Waals surface area contributed by atoms with E-state index >= 15 is 0 Å². The Morgan fingerprint density at radius 2 is 2.29 bits per heavy atom. The molecule has 0 saturated heterocycles. The Kier molecular flexibility index (Phi) is 10.3. The van der Waals surface area contributed by atoms with E-state index in [1.807, 2.05) is 6.92 Å². The Morgan fingerprint density at radius 1 is 1.86 bits per heavy atom. The van der Waals surface area contributed by atoms with Crippen molar-refractivity contribution in [3.05, 3.63) is 0 Å². The van der Waals surface area contributed by atoms with E-state index in [9.17, 15) is 0 Å². The molecule has 0 N–H and O–H groups in total. The smallest absolute Gasteiger partial charge is 0.216 e. The van der Waals surface area contributed by atoms with Crippen molar-refractivity contribution < 1.29 is 21.2 Å². The number of rotatable bonds is 1. The second kappa shape index (κ2) is 6.73. The molecule has 0 aliphatic carbocycles. The van der Waals surface area contributed by atoms with Crippen LogP contribution in [0.1, 0.15) is 6.92 Å². The van der Waals surface area contributed by atoms with Crippen molar-refractivity contribution in [2.75, 3.05) is 6.61 Å². The van der Waals surface area contributed by atoms with Crippen LogP contribution >= 0.6 is 24.8 Å². The van der Waals surface area contributed by atoms with Gasteiger partial charge in [-0.1, -0.05) is 12.6 Å². The summed E-state index contributed by atoms with van der Waals surface area (Å²) in [6.45, 7) is 2.48. The number of thiocarbonyl (C=S) groups is 1. The van der Waals surface area contributed by atoms with Gasteiger partial charge in [0.1, 0.15) is 0 Å². The molecule has 0 atom stereocenters. The Balaban J connectivity index is 0. The van der Waals surface area contributed by atoms with Gasteiger partial charge in [0.25, 0.3) is 0 Å². The van der Waals surface area contributed by atoms with Crippen molar-refractivity contribution in [3.8, 4) is 0 Å². The second-order valence-corrected chi connectivity index (χ2v) is 1.78. The monoisotopic (exact) mass is 180 g/mol. The van der Waals surface area contributed by atoms with Crippen LogP contribution in [0.5, 0.6) is 0 Å². The van der Waals surface area contributed by atoms with Gasteiger partial charge >= 0.3 is 0 Å². The van der Waals surface area contributed by atoms with E-state index in [1.165, 1.54) is 0 Å². The normalized spacial score (nSPS) is 6.57. The van der Waals surface area contributed by atoms with Crippen LogP contribution in [0.2, 0.25) is 0 Å². The van der Waals surface area contributed by atoms with Crippen LogP contribution in [0.25, 0.3) is 0 Å². The number of hydrogen-bond donors (Lipinski definition) is 1. The number of ether oxygens (including phenoxy) is 1. The van der Waals surface area contributed by atoms with Crippen LogP contribution in [-0.4, -0.2) is 11.0 Å². The first kappa shape index (κ1) is 10.7. The van der Waals surface area contributed by atoms with E-state index in [0.717, 1.165) is 0 Å². The predicted octanol–water partition coefficient (Wildman–Crippen LogP) is 1.24. The van der Waals surface area contributed by atoms with Crippen molar-refractivity contribution in [1.82, 2.24) is 0 Å². The van der Waals surface area contributed by atoms with Gasteiger partial charge in [0.05, 0.1) is 6.61 Å². The summed E-state index contributed by atoms with van der Waals surface area (Å²) in [5, 5.41) is 0. The Morgan fingerprint density at radius 3 is 2.29 bits per heavy atom. The summed E-state index contributed by atoms with van der Waals surface area (Å²) in [6, 6.07) is 0. The van der Waals surface area contributed by atoms with Crippen LogP contribution < -0.4 is 0 Å². The number of hydrogen-bond acceptors (Lipinski definition) is 2. The van der Waals surface area contributed by atoms with Gasteiger partial charge in [0, 0.05) is 16.5 Å². The standard InChI is InChI=1S/C3H6OS2.Ni/c1-2-4-3(5)6;/h2H2,1H3,(H,5,6);. The molecule has 0 aromatic rings. The molecule has 0 aliphatic rings. The van der Waals surface area contributed by atoms with Crippen molar-refractivity contribution in [3.63, 3.8) is 0 Å². The molecule has 0 aromatic carbocycles. The fourth-order valence-corrected chi connectivity index (χ4v) is 0.370. The molecular formula is C3H6NiOS2. The molecule has 1 nitrogen and oxygen atoms in total. The van der Waals surface area contributed by atoms with Crippen LogP contribution in [-0.2, 0) is 21.2 Å². The fourth-order valence-electron chi connectivity index (χ4n) is 0.123. The Hall–Kier alpha value is 0.734. The molecule has 0 aliphatic heterocycles. The molecule has 0 saturated carbocycles. The van der Waals surface area contributed by atoms with E-state index in [-0.39, 0.29) is 16.5 Å². The zero-order valence-electron chi connectivity index (χ0n) is 3.79. The van der Waals surface area contributed by atoms with Crippen LogP contribution in [0, 0.1) is 0 Å². The second-order valence-electron chi connectivity index (χ2n) is 0.699. The van der Waals surface area contributed by atoms with Gasteiger partial charge in [-0.25, -0.2) is 0 Å². The third kappa shape index (κ3) is 10.8. The average Bonchev–Trinajstić information content (AvgIpc) is 1.35. The molecule has 0 unspecified atom stereocenters. The summed E-state index contributed by atoms with van der Waals surface area (Å²) in [4.78, 5) is 0. The minimum absolute atomic E-state index is 0. The summed E-state index contributed by atoms with van der Waals surface area (Å²) >= 11 is 8.12. The summed E-state index contributed by atoms with van der Waals surface area (Å²) < 4.78 is 4.95. The molecule has 0 amide bonds. The van der Waals surface area contributed by atoms with Crippen LogP contribution in [0.4, 0.5) is 0 Å². The topological polar surface area (TPSA) is 9.23 Å². The van der Waals surface area contributed by atoms with Gasteiger partial charge in [-0.2, -0.15) is 0 Å². The molecule has 0 heterocycles. The Labute approximate surface area is 64.1 Å². The molecule has 0 rings (SSSR count). The Bertz CT molecular complexity index is 56.9. The molecular weight excluding hydrogens is 175 g/mol. The molecule has 4 heteroatoms. The van der Waals surface area contributed by atoms with Crippen LogP contribution in [0.15, 0.2) is 0 Å². The summed E-state index contributed by atoms with van der Waals surface area (Å²) in [5.41, 5.74) is 0. The van der Waals surface area contributed by atoms with E-state index in [0.29, 0.717) is 11.0 Å². The molecule has 7 heavy (non-hydrogen) atoms. The first-order valence-electron chi connectivity index (χ1n) is 1.63. The molecule has 0 radical (unpaired) electrons. The minimum Gasteiger partial charge on any atom is -0.479 e. The third-order valence-electron chi connectivity index (χ3n) is 0.268. The van der Waals surface area contributed by atoms with Crippen molar-refractivity contribution >= 4 is 29.2 Å². The quantitative estimate of drug-likeness (QED) is 0.370. The fraction of sp³-hybridized carbons (Fsp3) is 0.667. The van der Waals surface area contributed by atoms with Gasteiger partial charge in [-0.15, -0.1) is 0 Å². The zero-order chi connectivity index (χ0) is 4.99. The largest absolute Gasteiger partial charge is 0.479 e. The van der Waals surface area contributed by atoms with Gasteiger partial charge in [-0.3, -0.25) is 0 Å². The zero-order valence-corrected chi connectivity index (χ0v) is 6.49. The van der Waals surface area contributed by atoms with Gasteiger partial charge in [0.15, 0.2) is 0 Å². The first-order valence-corrected chi connectivity index (χ1v) is 2.48. The summed E-state index contributed by atoms with van der Waals surface area (Å²) in [5.74, 6) is 0. The van der Waals surface area contributed by atoms with Crippen molar-refractivity contribution in [2.24, 2.45) is 0 Å². The van der Waals surface area contributed by atoms with Crippen LogP contribution in [0.3, 0.4) is 0 Å². The molecule has 0 bridgehead atoms. The van der Waals surface area contributed by atoms with Gasteiger partial charge < -0.3 is 4.74 Å². The van der Waals surface area contributed by atoms with Crippen molar-refractivity contribution in [1.29, 1.82) is 0 Å². The maximum absolute atomic E-state index is 4.64. The third-order valence-corrected chi connectivity index (χ3v) is 0.515. The van der Waals surface area contributed by atoms with Gasteiger partial charge in [0.2, 0.25) is 4.38 Å². The van der Waals surface area contributed by atoms with E-state index in [2.05, 4.69) is 29.6 Å². The number of thiol groups is 1. The predicted molar refractivity (Wildman–Crippen MR) is 33.2 cm³/mol. The molecule has 0 fully saturated rings. The SMILES string of the molecule is CCOC(=S)S.[Ni]. The maximum atomic E-state index is 4.64. The van der Waals surface area contributed by atoms with E-state index < -0.39 is 0 Å². The summed E-state index contributed by atoms with van der Waals surface area (Å²) in [6.07, 6.45) is 0. The molecule has 46 valence electrons. The van der Waals surface area contributed by atoms with E-state index in [4.69, 9.17) is 0 Å². The van der Waals surface area contributed by atoms with E-state index in [1.54, 1.807) is 0 Å². The molecule has 0 aromatic heterocycles. The summed E-state index contributed by atoms with van der Waals surface area (Å²) in [7, 11) is 0. The minimum atomic E-state index is 0. The first-order chi connectivity index (χ1) is 2.77.